The van der Waals surface area contributed by atoms with Crippen molar-refractivity contribution in [3.05, 3.63) is 46.5 Å². The maximum Gasteiger partial charge on any atom is 0.277 e. The number of nitrogens with zero attached hydrogens (tertiary/aromatic N) is 3. The Kier molecular flexibility index (Phi) is 3.59. The number of rotatable bonds is 3. The van der Waals surface area contributed by atoms with Gasteiger partial charge in [0.05, 0.1) is 16.0 Å². The zero-order chi connectivity index (χ0) is 16.7. The minimum Gasteiger partial charge on any atom is -0.282 e. The summed E-state index contributed by atoms with van der Waals surface area (Å²) in [5, 5.41) is 16.6. The van der Waals surface area contributed by atoms with E-state index in [2.05, 4.69) is 0 Å². The Morgan fingerprint density at radius 3 is 2.46 bits per heavy atom. The molecule has 124 valence electrons. The predicted octanol–water partition coefficient (Wildman–Crippen LogP) is 3.50. The molecule has 1 saturated carbocycles. The van der Waals surface area contributed by atoms with Crippen LogP contribution in [0.5, 0.6) is 0 Å². The van der Waals surface area contributed by atoms with Crippen molar-refractivity contribution in [3.8, 4) is 0 Å². The molecule has 1 aliphatic heterocycles. The first-order chi connectivity index (χ1) is 11.7. The molecule has 2 aromatic rings. The summed E-state index contributed by atoms with van der Waals surface area (Å²) in [5.41, 5.74) is 0.983. The van der Waals surface area contributed by atoms with E-state index >= 15 is 0 Å². The fourth-order valence-corrected chi connectivity index (χ4v) is 3.44. The number of amides is 1. The molecule has 0 radical (unpaired) electrons. The molecule has 2 aliphatic rings. The standard InChI is InChI=1S/C18H19N3O3/c22-18(13-7-8-13)20-12-4-3-11-19(20)16-9-10-17(21(23)24)15-6-2-1-5-14(15)16/h1-2,5-6,9-10,13H,3-4,7-8,11-12H2. The lowest BCUT2D eigenvalue weighted by Crippen LogP contribution is -2.51. The molecule has 6 heteroatoms. The smallest absolute Gasteiger partial charge is 0.277 e. The first kappa shape index (κ1) is 14.9. The Labute approximate surface area is 139 Å². The molecule has 2 aromatic carbocycles. The van der Waals surface area contributed by atoms with Gasteiger partial charge in [-0.25, -0.2) is 0 Å². The quantitative estimate of drug-likeness (QED) is 0.640. The third kappa shape index (κ3) is 2.48. The summed E-state index contributed by atoms with van der Waals surface area (Å²) in [7, 11) is 0. The van der Waals surface area contributed by atoms with Crippen molar-refractivity contribution in [2.75, 3.05) is 18.1 Å². The number of non-ortho nitro benzene ring substituents is 1. The number of carbonyl (C=O) groups is 1. The summed E-state index contributed by atoms with van der Waals surface area (Å²) in [5.74, 6) is 0.354. The first-order valence-electron chi connectivity index (χ1n) is 8.42. The molecule has 24 heavy (non-hydrogen) atoms. The summed E-state index contributed by atoms with van der Waals surface area (Å²) in [6, 6.07) is 10.7. The number of nitro groups is 1. The largest absolute Gasteiger partial charge is 0.282 e. The number of hydrogen-bond donors (Lipinski definition) is 0. The van der Waals surface area contributed by atoms with Gasteiger partial charge in [0.25, 0.3) is 5.69 Å². The normalized spacial score (nSPS) is 18.0. The Balaban J connectivity index is 1.81. The molecule has 1 heterocycles. The van der Waals surface area contributed by atoms with Crippen LogP contribution in [0, 0.1) is 16.0 Å². The lowest BCUT2D eigenvalue weighted by atomic mass is 10.1. The maximum absolute atomic E-state index is 12.6. The number of hydrazine groups is 1. The second-order valence-corrected chi connectivity index (χ2v) is 6.47. The highest BCUT2D eigenvalue weighted by molar-refractivity contribution is 6.00. The lowest BCUT2D eigenvalue weighted by Gasteiger charge is -2.40. The molecule has 1 aliphatic carbocycles. The summed E-state index contributed by atoms with van der Waals surface area (Å²) >= 11 is 0. The zero-order valence-electron chi connectivity index (χ0n) is 13.4. The Morgan fingerprint density at radius 2 is 1.75 bits per heavy atom. The number of hydrogen-bond acceptors (Lipinski definition) is 4. The Morgan fingerprint density at radius 1 is 1.04 bits per heavy atom. The van der Waals surface area contributed by atoms with Crippen LogP contribution in [0.2, 0.25) is 0 Å². The van der Waals surface area contributed by atoms with Gasteiger partial charge in [-0.2, -0.15) is 0 Å². The van der Waals surface area contributed by atoms with Crippen LogP contribution >= 0.6 is 0 Å². The first-order valence-corrected chi connectivity index (χ1v) is 8.42. The summed E-state index contributed by atoms with van der Waals surface area (Å²) in [6.45, 7) is 1.49. The van der Waals surface area contributed by atoms with Gasteiger partial charge < -0.3 is 0 Å². The topological polar surface area (TPSA) is 66.7 Å². The highest BCUT2D eigenvalue weighted by atomic mass is 16.6. The van der Waals surface area contributed by atoms with Crippen LogP contribution in [0.3, 0.4) is 0 Å². The average molecular weight is 325 g/mol. The van der Waals surface area contributed by atoms with Gasteiger partial charge in [-0.1, -0.05) is 18.2 Å². The second-order valence-electron chi connectivity index (χ2n) is 6.47. The van der Waals surface area contributed by atoms with E-state index in [1.54, 1.807) is 18.2 Å². The van der Waals surface area contributed by atoms with Gasteiger partial charge in [-0.15, -0.1) is 0 Å². The van der Waals surface area contributed by atoms with Crippen molar-refractivity contribution in [2.24, 2.45) is 5.92 Å². The summed E-state index contributed by atoms with van der Waals surface area (Å²) in [6.07, 6.45) is 3.97. The van der Waals surface area contributed by atoms with Crippen molar-refractivity contribution in [1.82, 2.24) is 5.01 Å². The molecule has 0 spiro atoms. The van der Waals surface area contributed by atoms with Gasteiger partial charge in [0.1, 0.15) is 0 Å². The van der Waals surface area contributed by atoms with Crippen LogP contribution in [0.25, 0.3) is 10.8 Å². The minimum atomic E-state index is -0.352. The SMILES string of the molecule is O=C(C1CC1)N1CCCCN1c1ccc([N+](=O)[O-])c2ccccc12. The lowest BCUT2D eigenvalue weighted by molar-refractivity contribution is -0.383. The predicted molar refractivity (Wildman–Crippen MR) is 91.6 cm³/mol. The van der Waals surface area contributed by atoms with E-state index in [1.807, 2.05) is 28.2 Å². The fourth-order valence-electron chi connectivity index (χ4n) is 3.44. The maximum atomic E-state index is 12.6. The van der Waals surface area contributed by atoms with Gasteiger partial charge in [-0.3, -0.25) is 24.9 Å². The highest BCUT2D eigenvalue weighted by Crippen LogP contribution is 2.37. The molecular weight excluding hydrogens is 306 g/mol. The average Bonchev–Trinajstić information content (AvgIpc) is 3.45. The van der Waals surface area contributed by atoms with E-state index in [4.69, 9.17) is 0 Å². The van der Waals surface area contributed by atoms with E-state index in [9.17, 15) is 14.9 Å². The highest BCUT2D eigenvalue weighted by Gasteiger charge is 2.37. The van der Waals surface area contributed by atoms with Crippen LogP contribution < -0.4 is 5.01 Å². The molecule has 6 nitrogen and oxygen atoms in total. The molecule has 4 rings (SSSR count). The van der Waals surface area contributed by atoms with Crippen LogP contribution in [-0.2, 0) is 4.79 Å². The van der Waals surface area contributed by atoms with E-state index in [0.29, 0.717) is 5.39 Å². The van der Waals surface area contributed by atoms with Crippen molar-refractivity contribution in [1.29, 1.82) is 0 Å². The molecule has 0 bridgehead atoms. The Hall–Kier alpha value is -2.63. The number of fused-ring (bicyclic) bond motifs is 1. The van der Waals surface area contributed by atoms with Gasteiger partial charge in [0.15, 0.2) is 0 Å². The van der Waals surface area contributed by atoms with Gasteiger partial charge in [0, 0.05) is 30.5 Å². The molecule has 2 fully saturated rings. The van der Waals surface area contributed by atoms with Crippen LogP contribution in [0.1, 0.15) is 25.7 Å². The second kappa shape index (κ2) is 5.78. The molecule has 0 atom stereocenters. The molecule has 0 aromatic heterocycles. The van der Waals surface area contributed by atoms with Gasteiger partial charge >= 0.3 is 0 Å². The minimum absolute atomic E-state index is 0.103. The molecular formula is C18H19N3O3. The molecule has 0 N–H and O–H groups in total. The summed E-state index contributed by atoms with van der Waals surface area (Å²) in [4.78, 5) is 23.6. The molecule has 0 unspecified atom stereocenters. The van der Waals surface area contributed by atoms with Gasteiger partial charge in [0.2, 0.25) is 5.91 Å². The van der Waals surface area contributed by atoms with Crippen molar-refractivity contribution < 1.29 is 9.72 Å². The van der Waals surface area contributed by atoms with E-state index in [0.717, 1.165) is 49.8 Å². The van der Waals surface area contributed by atoms with Crippen molar-refractivity contribution >= 4 is 28.1 Å². The van der Waals surface area contributed by atoms with Crippen molar-refractivity contribution in [2.45, 2.75) is 25.7 Å². The van der Waals surface area contributed by atoms with Crippen LogP contribution in [-0.4, -0.2) is 28.9 Å². The van der Waals surface area contributed by atoms with Crippen molar-refractivity contribution in [3.63, 3.8) is 0 Å². The number of anilines is 1. The van der Waals surface area contributed by atoms with E-state index < -0.39 is 0 Å². The third-order valence-corrected chi connectivity index (χ3v) is 4.82. The number of carbonyl (C=O) groups excluding carboxylic acids is 1. The number of benzene rings is 2. The number of nitro benzene ring substituents is 1. The monoisotopic (exact) mass is 325 g/mol. The van der Waals surface area contributed by atoms with Gasteiger partial charge in [-0.05, 0) is 37.8 Å². The summed E-state index contributed by atoms with van der Waals surface area (Å²) < 4.78 is 0. The molecule has 1 amide bonds. The van der Waals surface area contributed by atoms with Crippen LogP contribution in [0.4, 0.5) is 11.4 Å². The zero-order valence-corrected chi connectivity index (χ0v) is 13.4. The molecule has 1 saturated heterocycles. The van der Waals surface area contributed by atoms with E-state index in [-0.39, 0.29) is 22.4 Å². The fraction of sp³-hybridized carbons (Fsp3) is 0.389. The Bertz CT molecular complexity index is 816. The van der Waals surface area contributed by atoms with E-state index in [1.165, 1.54) is 0 Å². The van der Waals surface area contributed by atoms with Crippen LogP contribution in [0.15, 0.2) is 36.4 Å². The third-order valence-electron chi connectivity index (χ3n) is 4.82.